The van der Waals surface area contributed by atoms with Crippen LogP contribution in [0.5, 0.6) is 0 Å². The van der Waals surface area contributed by atoms with E-state index in [2.05, 4.69) is 0 Å². The summed E-state index contributed by atoms with van der Waals surface area (Å²) >= 11 is 0. The van der Waals surface area contributed by atoms with Crippen LogP contribution in [0.3, 0.4) is 0 Å². The molecule has 0 aromatic rings. The van der Waals surface area contributed by atoms with Crippen molar-refractivity contribution in [2.45, 2.75) is 38.7 Å². The molecule has 0 aromatic heterocycles. The third kappa shape index (κ3) is 2.48. The molecule has 1 aliphatic rings. The summed E-state index contributed by atoms with van der Waals surface area (Å²) in [5, 5.41) is 0. The highest BCUT2D eigenvalue weighted by Gasteiger charge is 2.10. The van der Waals surface area contributed by atoms with Crippen molar-refractivity contribution in [2.24, 2.45) is 0 Å². The molecule has 1 fully saturated rings. The van der Waals surface area contributed by atoms with Gasteiger partial charge in [-0.25, -0.2) is 0 Å². The lowest BCUT2D eigenvalue weighted by atomic mass is 10.1. The minimum absolute atomic E-state index is 0.256. The highest BCUT2D eigenvalue weighted by atomic mass is 16.5. The molecule has 1 atom stereocenters. The number of ether oxygens (including phenoxy) is 1. The van der Waals surface area contributed by atoms with Gasteiger partial charge in [0.25, 0.3) is 0 Å². The molecule has 1 saturated heterocycles. The number of hydrogen-bond donors (Lipinski definition) is 0. The maximum Gasteiger partial charge on any atom is 0.158 e. The SMILES string of the molecule is CC1CCCCC(=O)CO1. The summed E-state index contributed by atoms with van der Waals surface area (Å²) in [6.07, 6.45) is 4.28. The molecular weight excluding hydrogens is 128 g/mol. The molecule has 1 aliphatic heterocycles. The zero-order chi connectivity index (χ0) is 7.40. The van der Waals surface area contributed by atoms with Crippen molar-refractivity contribution in [3.8, 4) is 0 Å². The number of carbonyl (C=O) groups is 1. The number of hydrogen-bond acceptors (Lipinski definition) is 2. The van der Waals surface area contributed by atoms with E-state index in [1.165, 1.54) is 0 Å². The van der Waals surface area contributed by atoms with Gasteiger partial charge < -0.3 is 4.74 Å². The molecule has 2 heteroatoms. The maximum absolute atomic E-state index is 10.9. The molecule has 0 radical (unpaired) electrons. The van der Waals surface area contributed by atoms with E-state index in [1.807, 2.05) is 6.92 Å². The highest BCUT2D eigenvalue weighted by molar-refractivity contribution is 5.79. The maximum atomic E-state index is 10.9. The molecule has 1 rings (SSSR count). The van der Waals surface area contributed by atoms with Crippen molar-refractivity contribution < 1.29 is 9.53 Å². The molecule has 0 aromatic carbocycles. The van der Waals surface area contributed by atoms with Gasteiger partial charge in [0.2, 0.25) is 0 Å². The first-order valence-electron chi connectivity index (χ1n) is 3.92. The lowest BCUT2D eigenvalue weighted by Crippen LogP contribution is -2.18. The summed E-state index contributed by atoms with van der Waals surface area (Å²) in [6, 6.07) is 0. The van der Waals surface area contributed by atoms with Crippen LogP contribution in [0.2, 0.25) is 0 Å². The molecule has 1 heterocycles. The standard InChI is InChI=1S/C8H14O2/c1-7-4-2-3-5-8(9)6-10-7/h7H,2-6H2,1H3. The molecule has 1 unspecified atom stereocenters. The Labute approximate surface area is 61.6 Å². The number of ketones is 1. The fourth-order valence-electron chi connectivity index (χ4n) is 1.14. The van der Waals surface area contributed by atoms with Gasteiger partial charge in [0.1, 0.15) is 6.61 Å². The van der Waals surface area contributed by atoms with Crippen LogP contribution in [0, 0.1) is 0 Å². The van der Waals surface area contributed by atoms with Gasteiger partial charge in [-0.05, 0) is 19.8 Å². The highest BCUT2D eigenvalue weighted by Crippen LogP contribution is 2.10. The largest absolute Gasteiger partial charge is 0.371 e. The minimum Gasteiger partial charge on any atom is -0.371 e. The molecule has 10 heavy (non-hydrogen) atoms. The monoisotopic (exact) mass is 142 g/mol. The van der Waals surface area contributed by atoms with Gasteiger partial charge in [0.15, 0.2) is 5.78 Å². The molecule has 0 amide bonds. The minimum atomic E-state index is 0.256. The Bertz CT molecular complexity index is 120. The van der Waals surface area contributed by atoms with Crippen molar-refractivity contribution in [2.75, 3.05) is 6.61 Å². The van der Waals surface area contributed by atoms with Gasteiger partial charge in [0.05, 0.1) is 6.10 Å². The van der Waals surface area contributed by atoms with E-state index in [-0.39, 0.29) is 11.9 Å². The van der Waals surface area contributed by atoms with Gasteiger partial charge in [-0.15, -0.1) is 0 Å². The topological polar surface area (TPSA) is 26.3 Å². The first-order valence-corrected chi connectivity index (χ1v) is 3.92. The van der Waals surface area contributed by atoms with Crippen molar-refractivity contribution in [1.82, 2.24) is 0 Å². The van der Waals surface area contributed by atoms with Crippen molar-refractivity contribution in [1.29, 1.82) is 0 Å². The lowest BCUT2D eigenvalue weighted by molar-refractivity contribution is -0.126. The first kappa shape index (κ1) is 7.73. The molecule has 0 aliphatic carbocycles. The van der Waals surface area contributed by atoms with Crippen LogP contribution in [-0.4, -0.2) is 18.5 Å². The smallest absolute Gasteiger partial charge is 0.158 e. The number of carbonyl (C=O) groups excluding carboxylic acids is 1. The predicted molar refractivity (Wildman–Crippen MR) is 38.9 cm³/mol. The third-order valence-corrected chi connectivity index (χ3v) is 1.85. The molecule has 0 bridgehead atoms. The van der Waals surface area contributed by atoms with Crippen LogP contribution in [0.4, 0.5) is 0 Å². The second-order valence-electron chi connectivity index (χ2n) is 2.91. The summed E-state index contributed by atoms with van der Waals surface area (Å²) in [7, 11) is 0. The fourth-order valence-corrected chi connectivity index (χ4v) is 1.14. The Morgan fingerprint density at radius 2 is 2.30 bits per heavy atom. The van der Waals surface area contributed by atoms with E-state index >= 15 is 0 Å². The average molecular weight is 142 g/mol. The first-order chi connectivity index (χ1) is 4.79. The van der Waals surface area contributed by atoms with Gasteiger partial charge in [0, 0.05) is 6.42 Å². The van der Waals surface area contributed by atoms with Crippen LogP contribution in [0.1, 0.15) is 32.6 Å². The zero-order valence-electron chi connectivity index (χ0n) is 6.43. The van der Waals surface area contributed by atoms with E-state index in [0.29, 0.717) is 13.0 Å². The molecule has 2 nitrogen and oxygen atoms in total. The third-order valence-electron chi connectivity index (χ3n) is 1.85. The van der Waals surface area contributed by atoms with E-state index in [1.54, 1.807) is 0 Å². The van der Waals surface area contributed by atoms with Crippen molar-refractivity contribution in [3.05, 3.63) is 0 Å². The van der Waals surface area contributed by atoms with Crippen LogP contribution in [0.15, 0.2) is 0 Å². The lowest BCUT2D eigenvalue weighted by Gasteiger charge is -2.14. The van der Waals surface area contributed by atoms with Gasteiger partial charge in [-0.1, -0.05) is 6.42 Å². The zero-order valence-corrected chi connectivity index (χ0v) is 6.43. The Morgan fingerprint density at radius 3 is 3.10 bits per heavy atom. The second-order valence-corrected chi connectivity index (χ2v) is 2.91. The van der Waals surface area contributed by atoms with Crippen molar-refractivity contribution >= 4 is 5.78 Å². The summed E-state index contributed by atoms with van der Waals surface area (Å²) in [5.41, 5.74) is 0. The Hall–Kier alpha value is -0.370. The van der Waals surface area contributed by atoms with Gasteiger partial charge in [-0.2, -0.15) is 0 Å². The van der Waals surface area contributed by atoms with E-state index in [4.69, 9.17) is 4.74 Å². The quantitative estimate of drug-likeness (QED) is 0.512. The van der Waals surface area contributed by atoms with Crippen LogP contribution in [0.25, 0.3) is 0 Å². The molecule has 0 spiro atoms. The van der Waals surface area contributed by atoms with Crippen LogP contribution in [-0.2, 0) is 9.53 Å². The molecule has 0 saturated carbocycles. The Balaban J connectivity index is 2.29. The summed E-state index contributed by atoms with van der Waals surface area (Å²) in [6.45, 7) is 2.36. The van der Waals surface area contributed by atoms with Crippen LogP contribution < -0.4 is 0 Å². The van der Waals surface area contributed by atoms with Gasteiger partial charge in [-0.3, -0.25) is 4.79 Å². The normalized spacial score (nSPS) is 29.3. The number of rotatable bonds is 0. The Morgan fingerprint density at radius 1 is 1.50 bits per heavy atom. The Kier molecular flexibility index (Phi) is 2.87. The molecular formula is C8H14O2. The summed E-state index contributed by atoms with van der Waals surface area (Å²) in [5.74, 6) is 0.256. The predicted octanol–water partition coefficient (Wildman–Crippen LogP) is 1.53. The van der Waals surface area contributed by atoms with Crippen molar-refractivity contribution in [3.63, 3.8) is 0 Å². The molecule has 0 N–H and O–H groups in total. The average Bonchev–Trinajstić information content (AvgIpc) is 1.90. The van der Waals surface area contributed by atoms with Crippen LogP contribution >= 0.6 is 0 Å². The second kappa shape index (κ2) is 3.71. The summed E-state index contributed by atoms with van der Waals surface area (Å²) < 4.78 is 5.25. The fraction of sp³-hybridized carbons (Fsp3) is 0.875. The number of Topliss-reactive ketones (excluding diaryl/α,β-unsaturated/α-hetero) is 1. The molecule has 58 valence electrons. The van der Waals surface area contributed by atoms with E-state index in [0.717, 1.165) is 19.3 Å². The van der Waals surface area contributed by atoms with E-state index < -0.39 is 0 Å². The van der Waals surface area contributed by atoms with E-state index in [9.17, 15) is 4.79 Å². The summed E-state index contributed by atoms with van der Waals surface area (Å²) in [4.78, 5) is 10.9. The van der Waals surface area contributed by atoms with Gasteiger partial charge >= 0.3 is 0 Å².